The molecule has 2 aromatic heterocycles. The summed E-state index contributed by atoms with van der Waals surface area (Å²) >= 11 is 0. The van der Waals surface area contributed by atoms with Gasteiger partial charge in [0.15, 0.2) is 5.69 Å². The second kappa shape index (κ2) is 3.66. The van der Waals surface area contributed by atoms with Crippen molar-refractivity contribution in [2.45, 2.75) is 12.7 Å². The highest BCUT2D eigenvalue weighted by Crippen LogP contribution is 2.27. The maximum absolute atomic E-state index is 12.3. The number of aromatic nitrogens is 4. The topological polar surface area (TPSA) is 35.6 Å². The van der Waals surface area contributed by atoms with Gasteiger partial charge in [-0.2, -0.15) is 18.3 Å². The standard InChI is InChI=1S/C9H9F3N4/c1-15-6-13-4-7(15)5-16-3-2-8(14-16)9(10,11)12/h2-4,6H,5H2,1H3. The largest absolute Gasteiger partial charge is 0.435 e. The van der Waals surface area contributed by atoms with Gasteiger partial charge in [-0.25, -0.2) is 4.98 Å². The lowest BCUT2D eigenvalue weighted by atomic mass is 10.4. The maximum atomic E-state index is 12.3. The minimum absolute atomic E-state index is 0.270. The van der Waals surface area contributed by atoms with Gasteiger partial charge in [0.25, 0.3) is 0 Å². The Morgan fingerprint density at radius 3 is 2.62 bits per heavy atom. The lowest BCUT2D eigenvalue weighted by molar-refractivity contribution is -0.141. The van der Waals surface area contributed by atoms with Crippen LogP contribution in [0, 0.1) is 0 Å². The SMILES string of the molecule is Cn1cncc1Cn1ccc(C(F)(F)F)n1. The van der Waals surface area contributed by atoms with Crippen molar-refractivity contribution in [1.29, 1.82) is 0 Å². The van der Waals surface area contributed by atoms with E-state index >= 15 is 0 Å². The fraction of sp³-hybridized carbons (Fsp3) is 0.333. The molecule has 0 unspecified atom stereocenters. The Balaban J connectivity index is 2.18. The molecule has 0 aliphatic rings. The number of alkyl halides is 3. The first-order chi connectivity index (χ1) is 7.47. The van der Waals surface area contributed by atoms with Gasteiger partial charge >= 0.3 is 6.18 Å². The molecule has 0 aliphatic heterocycles. The molecule has 0 N–H and O–H groups in total. The van der Waals surface area contributed by atoms with Crippen LogP contribution in [0.2, 0.25) is 0 Å². The maximum Gasteiger partial charge on any atom is 0.435 e. The summed E-state index contributed by atoms with van der Waals surface area (Å²) < 4.78 is 39.8. The summed E-state index contributed by atoms with van der Waals surface area (Å²) in [7, 11) is 1.77. The first kappa shape index (κ1) is 10.7. The van der Waals surface area contributed by atoms with E-state index in [9.17, 15) is 13.2 Å². The summed E-state index contributed by atoms with van der Waals surface area (Å²) in [6.07, 6.45) is 0.0893. The van der Waals surface area contributed by atoms with E-state index in [1.165, 1.54) is 10.9 Å². The van der Waals surface area contributed by atoms with E-state index in [1.54, 1.807) is 24.1 Å². The van der Waals surface area contributed by atoms with E-state index in [4.69, 9.17) is 0 Å². The monoisotopic (exact) mass is 230 g/mol. The molecule has 0 aliphatic carbocycles. The zero-order chi connectivity index (χ0) is 11.8. The van der Waals surface area contributed by atoms with Crippen molar-refractivity contribution in [2.75, 3.05) is 0 Å². The van der Waals surface area contributed by atoms with Crippen molar-refractivity contribution in [3.63, 3.8) is 0 Å². The number of imidazole rings is 1. The van der Waals surface area contributed by atoms with Crippen LogP contribution in [-0.2, 0) is 19.8 Å². The highest BCUT2D eigenvalue weighted by Gasteiger charge is 2.33. The van der Waals surface area contributed by atoms with Crippen LogP contribution < -0.4 is 0 Å². The fourth-order valence-corrected chi connectivity index (χ4v) is 1.30. The molecule has 0 radical (unpaired) electrons. The molecule has 0 aromatic carbocycles. The molecule has 86 valence electrons. The Morgan fingerprint density at radius 1 is 1.38 bits per heavy atom. The zero-order valence-corrected chi connectivity index (χ0v) is 8.44. The molecule has 2 heterocycles. The average Bonchev–Trinajstić information content (AvgIpc) is 2.76. The van der Waals surface area contributed by atoms with E-state index in [2.05, 4.69) is 10.1 Å². The first-order valence-electron chi connectivity index (χ1n) is 4.52. The van der Waals surface area contributed by atoms with Crippen molar-refractivity contribution >= 4 is 0 Å². The Bertz CT molecular complexity index is 483. The third-order valence-corrected chi connectivity index (χ3v) is 2.17. The number of hydrogen-bond acceptors (Lipinski definition) is 2. The van der Waals surface area contributed by atoms with Gasteiger partial charge in [0.2, 0.25) is 0 Å². The van der Waals surface area contributed by atoms with Crippen LogP contribution in [0.5, 0.6) is 0 Å². The van der Waals surface area contributed by atoms with Crippen LogP contribution in [-0.4, -0.2) is 19.3 Å². The summed E-state index contributed by atoms with van der Waals surface area (Å²) in [4.78, 5) is 3.87. The summed E-state index contributed by atoms with van der Waals surface area (Å²) in [5.74, 6) is 0. The molecule has 0 fully saturated rings. The van der Waals surface area contributed by atoms with Crippen LogP contribution in [0.4, 0.5) is 13.2 Å². The predicted molar refractivity (Wildman–Crippen MR) is 49.5 cm³/mol. The van der Waals surface area contributed by atoms with Gasteiger partial charge in [-0.05, 0) is 6.07 Å². The van der Waals surface area contributed by atoms with Gasteiger partial charge < -0.3 is 4.57 Å². The summed E-state index contributed by atoms with van der Waals surface area (Å²) in [5, 5.41) is 3.45. The Morgan fingerprint density at radius 2 is 2.12 bits per heavy atom. The fourth-order valence-electron chi connectivity index (χ4n) is 1.30. The molecule has 16 heavy (non-hydrogen) atoms. The molecule has 0 saturated heterocycles. The van der Waals surface area contributed by atoms with Crippen molar-refractivity contribution in [3.8, 4) is 0 Å². The van der Waals surface area contributed by atoms with E-state index in [-0.39, 0.29) is 6.54 Å². The molecular weight excluding hydrogens is 221 g/mol. The lowest BCUT2D eigenvalue weighted by Crippen LogP contribution is -2.09. The molecule has 4 nitrogen and oxygen atoms in total. The van der Waals surface area contributed by atoms with E-state index in [0.717, 1.165) is 11.8 Å². The van der Waals surface area contributed by atoms with Crippen LogP contribution in [0.25, 0.3) is 0 Å². The predicted octanol–water partition coefficient (Wildman–Crippen LogP) is 1.68. The van der Waals surface area contributed by atoms with Crippen LogP contribution >= 0.6 is 0 Å². The molecule has 0 saturated carbocycles. The van der Waals surface area contributed by atoms with E-state index < -0.39 is 11.9 Å². The normalized spacial score (nSPS) is 12.0. The van der Waals surface area contributed by atoms with Gasteiger partial charge in [-0.1, -0.05) is 0 Å². The van der Waals surface area contributed by atoms with E-state index in [1.807, 2.05) is 0 Å². The van der Waals surface area contributed by atoms with Crippen LogP contribution in [0.15, 0.2) is 24.8 Å². The van der Waals surface area contributed by atoms with Crippen LogP contribution in [0.3, 0.4) is 0 Å². The molecule has 2 aromatic rings. The van der Waals surface area contributed by atoms with Gasteiger partial charge in [-0.15, -0.1) is 0 Å². The Hall–Kier alpha value is -1.79. The molecule has 0 amide bonds. The molecule has 7 heteroatoms. The van der Waals surface area contributed by atoms with Gasteiger partial charge in [0, 0.05) is 13.2 Å². The molecular formula is C9H9F3N4. The summed E-state index contributed by atoms with van der Waals surface area (Å²) in [5.41, 5.74) is -0.0912. The van der Waals surface area contributed by atoms with Gasteiger partial charge in [-0.3, -0.25) is 4.68 Å². The van der Waals surface area contributed by atoms with Crippen molar-refractivity contribution < 1.29 is 13.2 Å². The van der Waals surface area contributed by atoms with Gasteiger partial charge in [0.1, 0.15) is 0 Å². The van der Waals surface area contributed by atoms with Crippen LogP contribution in [0.1, 0.15) is 11.4 Å². The molecule has 0 atom stereocenters. The number of aryl methyl sites for hydroxylation is 1. The molecule has 0 spiro atoms. The third-order valence-electron chi connectivity index (χ3n) is 2.17. The van der Waals surface area contributed by atoms with E-state index in [0.29, 0.717) is 0 Å². The third kappa shape index (κ3) is 2.07. The molecule has 2 rings (SSSR count). The lowest BCUT2D eigenvalue weighted by Gasteiger charge is -2.03. The Kier molecular flexibility index (Phi) is 2.45. The zero-order valence-electron chi connectivity index (χ0n) is 8.44. The second-order valence-corrected chi connectivity index (χ2v) is 3.39. The van der Waals surface area contributed by atoms with Crippen molar-refractivity contribution in [3.05, 3.63) is 36.2 Å². The average molecular weight is 230 g/mol. The summed E-state index contributed by atoms with van der Waals surface area (Å²) in [6.45, 7) is 0.270. The number of halogens is 3. The second-order valence-electron chi connectivity index (χ2n) is 3.39. The number of rotatable bonds is 2. The highest BCUT2D eigenvalue weighted by molar-refractivity contribution is 5.05. The minimum Gasteiger partial charge on any atom is -0.336 e. The Labute approximate surface area is 89.3 Å². The number of nitrogens with zero attached hydrogens (tertiary/aromatic N) is 4. The highest BCUT2D eigenvalue weighted by atomic mass is 19.4. The van der Waals surface area contributed by atoms with Crippen molar-refractivity contribution in [2.24, 2.45) is 7.05 Å². The first-order valence-corrected chi connectivity index (χ1v) is 4.52. The smallest absolute Gasteiger partial charge is 0.336 e. The number of hydrogen-bond donors (Lipinski definition) is 0. The molecule has 0 bridgehead atoms. The minimum atomic E-state index is -4.39. The quantitative estimate of drug-likeness (QED) is 0.786. The van der Waals surface area contributed by atoms with Crippen molar-refractivity contribution in [1.82, 2.24) is 19.3 Å². The van der Waals surface area contributed by atoms with Gasteiger partial charge in [0.05, 0.1) is 24.8 Å². The summed E-state index contributed by atoms with van der Waals surface area (Å²) in [6, 6.07) is 0.955.